The number of carbonyl (C=O) groups is 1. The van der Waals surface area contributed by atoms with Gasteiger partial charge in [-0.15, -0.1) is 0 Å². The van der Waals surface area contributed by atoms with Crippen LogP contribution in [0, 0.1) is 0 Å². The number of fused-ring (bicyclic) bond motifs is 3. The largest absolute Gasteiger partial charge is 0.378 e. The smallest absolute Gasteiger partial charge is 0.274 e. The van der Waals surface area contributed by atoms with Crippen LogP contribution in [0.2, 0.25) is 0 Å². The minimum Gasteiger partial charge on any atom is -0.378 e. The van der Waals surface area contributed by atoms with E-state index in [0.29, 0.717) is 54.9 Å². The summed E-state index contributed by atoms with van der Waals surface area (Å²) in [6, 6.07) is 7.55. The van der Waals surface area contributed by atoms with Crippen LogP contribution in [0.5, 0.6) is 0 Å². The summed E-state index contributed by atoms with van der Waals surface area (Å²) in [5.74, 6) is -0.389. The van der Waals surface area contributed by atoms with E-state index in [0.717, 1.165) is 25.1 Å². The minimum atomic E-state index is -3.53. The van der Waals surface area contributed by atoms with Gasteiger partial charge in [-0.05, 0) is 38.9 Å². The van der Waals surface area contributed by atoms with Gasteiger partial charge in [0, 0.05) is 36.8 Å². The van der Waals surface area contributed by atoms with Gasteiger partial charge in [-0.3, -0.25) is 9.48 Å². The van der Waals surface area contributed by atoms with E-state index >= 15 is 0 Å². The molecule has 3 aliphatic heterocycles. The molecule has 3 aliphatic rings. The molecule has 31 heavy (non-hydrogen) atoms. The van der Waals surface area contributed by atoms with Gasteiger partial charge in [0.25, 0.3) is 5.91 Å². The standard InChI is InChI=1S/C22H28N4O4S/c1-24-9-4-5-16(24)8-10-26-21-17-6-2-3-7-19(17)31(28,29)15-18(21)20(23-26)22(27)25-11-13-30-14-12-25/h2-3,6-7,16H,4-5,8-15H2,1H3. The molecule has 0 N–H and O–H groups in total. The van der Waals surface area contributed by atoms with E-state index in [1.807, 2.05) is 16.8 Å². The lowest BCUT2D eigenvalue weighted by Crippen LogP contribution is -2.41. The molecule has 8 nitrogen and oxygen atoms in total. The van der Waals surface area contributed by atoms with Gasteiger partial charge in [-0.2, -0.15) is 5.10 Å². The van der Waals surface area contributed by atoms with E-state index in [9.17, 15) is 13.2 Å². The molecule has 1 aromatic heterocycles. The summed E-state index contributed by atoms with van der Waals surface area (Å²) >= 11 is 0. The number of rotatable bonds is 4. The molecular weight excluding hydrogens is 416 g/mol. The fourth-order valence-corrected chi connectivity index (χ4v) is 6.60. The fraction of sp³-hybridized carbons (Fsp3) is 0.545. The lowest BCUT2D eigenvalue weighted by Gasteiger charge is -2.26. The second-order valence-corrected chi connectivity index (χ2v) is 10.6. The predicted octanol–water partition coefficient (Wildman–Crippen LogP) is 1.79. The maximum atomic E-state index is 13.3. The van der Waals surface area contributed by atoms with E-state index in [-0.39, 0.29) is 17.4 Å². The van der Waals surface area contributed by atoms with Crippen molar-refractivity contribution in [2.24, 2.45) is 0 Å². The lowest BCUT2D eigenvalue weighted by molar-refractivity contribution is 0.0298. The number of carbonyl (C=O) groups excluding carboxylic acids is 1. The maximum Gasteiger partial charge on any atom is 0.274 e. The number of aryl methyl sites for hydroxylation is 1. The van der Waals surface area contributed by atoms with E-state index in [1.54, 1.807) is 17.0 Å². The van der Waals surface area contributed by atoms with Crippen LogP contribution in [0.3, 0.4) is 0 Å². The van der Waals surface area contributed by atoms with Crippen LogP contribution >= 0.6 is 0 Å². The Morgan fingerprint density at radius 2 is 1.97 bits per heavy atom. The summed E-state index contributed by atoms with van der Waals surface area (Å²) in [6.07, 6.45) is 3.27. The third kappa shape index (κ3) is 3.68. The Balaban J connectivity index is 1.57. The molecule has 1 aromatic carbocycles. The molecule has 2 saturated heterocycles. The third-order valence-corrected chi connectivity index (χ3v) is 8.40. The van der Waals surface area contributed by atoms with Crippen molar-refractivity contribution in [3.05, 3.63) is 35.5 Å². The average molecular weight is 445 g/mol. The highest BCUT2D eigenvalue weighted by molar-refractivity contribution is 7.90. The van der Waals surface area contributed by atoms with Crippen LogP contribution in [0.25, 0.3) is 11.3 Å². The van der Waals surface area contributed by atoms with Crippen molar-refractivity contribution in [1.82, 2.24) is 19.6 Å². The molecule has 5 rings (SSSR count). The van der Waals surface area contributed by atoms with Crippen molar-refractivity contribution in [1.29, 1.82) is 0 Å². The third-order valence-electron chi connectivity index (χ3n) is 6.71. The highest BCUT2D eigenvalue weighted by Gasteiger charge is 2.37. The maximum absolute atomic E-state index is 13.3. The molecule has 0 saturated carbocycles. The molecule has 0 spiro atoms. The monoisotopic (exact) mass is 444 g/mol. The van der Waals surface area contributed by atoms with Crippen molar-refractivity contribution < 1.29 is 17.9 Å². The summed E-state index contributed by atoms with van der Waals surface area (Å²) in [4.78, 5) is 17.7. The first-order valence-corrected chi connectivity index (χ1v) is 12.6. The van der Waals surface area contributed by atoms with Crippen molar-refractivity contribution in [3.8, 4) is 11.3 Å². The van der Waals surface area contributed by atoms with Crippen LogP contribution in [0.1, 0.15) is 35.3 Å². The van der Waals surface area contributed by atoms with Crippen LogP contribution < -0.4 is 0 Å². The number of ether oxygens (including phenoxy) is 1. The molecule has 166 valence electrons. The zero-order chi connectivity index (χ0) is 21.6. The Kier molecular flexibility index (Phi) is 5.35. The van der Waals surface area contributed by atoms with E-state index in [4.69, 9.17) is 9.84 Å². The molecule has 0 radical (unpaired) electrons. The normalized spacial score (nSPS) is 22.9. The average Bonchev–Trinajstić information content (AvgIpc) is 3.35. The number of amides is 1. The molecule has 0 aliphatic carbocycles. The molecule has 0 bridgehead atoms. The number of hydrogen-bond donors (Lipinski definition) is 0. The fourth-order valence-electron chi connectivity index (χ4n) is 5.00. The summed E-state index contributed by atoms with van der Waals surface area (Å²) in [7, 11) is -1.38. The highest BCUT2D eigenvalue weighted by atomic mass is 32.2. The van der Waals surface area contributed by atoms with Gasteiger partial charge in [-0.1, -0.05) is 18.2 Å². The zero-order valence-electron chi connectivity index (χ0n) is 17.8. The van der Waals surface area contributed by atoms with Crippen LogP contribution in [0.4, 0.5) is 0 Å². The second-order valence-electron chi connectivity index (χ2n) is 8.62. The summed E-state index contributed by atoms with van der Waals surface area (Å²) in [5, 5.41) is 4.72. The van der Waals surface area contributed by atoms with Gasteiger partial charge in [0.05, 0.1) is 29.6 Å². The number of likely N-dealkylation sites (tertiary alicyclic amines) is 1. The van der Waals surface area contributed by atoms with Gasteiger partial charge < -0.3 is 14.5 Å². The summed E-state index contributed by atoms with van der Waals surface area (Å²) < 4.78 is 33.3. The summed E-state index contributed by atoms with van der Waals surface area (Å²) in [5.41, 5.74) is 2.24. The zero-order valence-corrected chi connectivity index (χ0v) is 18.6. The molecular formula is C22H28N4O4S. The Bertz CT molecular complexity index is 1100. The molecule has 1 amide bonds. The van der Waals surface area contributed by atoms with Gasteiger partial charge in [0.15, 0.2) is 15.5 Å². The van der Waals surface area contributed by atoms with Crippen molar-refractivity contribution >= 4 is 15.7 Å². The number of sulfone groups is 1. The van der Waals surface area contributed by atoms with Crippen molar-refractivity contribution in [3.63, 3.8) is 0 Å². The molecule has 1 unspecified atom stereocenters. The van der Waals surface area contributed by atoms with Crippen LogP contribution in [-0.4, -0.2) is 79.8 Å². The quantitative estimate of drug-likeness (QED) is 0.715. The number of benzene rings is 1. The summed E-state index contributed by atoms with van der Waals surface area (Å²) in [6.45, 7) is 3.73. The Labute approximate surface area is 182 Å². The van der Waals surface area contributed by atoms with Gasteiger partial charge in [-0.25, -0.2) is 8.42 Å². The van der Waals surface area contributed by atoms with Gasteiger partial charge in [0.1, 0.15) is 0 Å². The lowest BCUT2D eigenvalue weighted by atomic mass is 10.0. The predicted molar refractivity (Wildman–Crippen MR) is 116 cm³/mol. The second kappa shape index (κ2) is 8.03. The molecule has 2 aromatic rings. The Hall–Kier alpha value is -2.23. The van der Waals surface area contributed by atoms with E-state index in [1.165, 1.54) is 6.42 Å². The highest BCUT2D eigenvalue weighted by Crippen LogP contribution is 2.40. The number of nitrogens with zero attached hydrogens (tertiary/aromatic N) is 4. The molecule has 2 fully saturated rings. The number of hydrogen-bond acceptors (Lipinski definition) is 6. The van der Waals surface area contributed by atoms with Crippen molar-refractivity contribution in [2.75, 3.05) is 39.9 Å². The number of aromatic nitrogens is 2. The van der Waals surface area contributed by atoms with E-state index < -0.39 is 9.84 Å². The topological polar surface area (TPSA) is 84.7 Å². The first-order chi connectivity index (χ1) is 15.0. The van der Waals surface area contributed by atoms with Gasteiger partial charge in [0.2, 0.25) is 0 Å². The Morgan fingerprint density at radius 3 is 2.71 bits per heavy atom. The molecule has 9 heteroatoms. The minimum absolute atomic E-state index is 0.186. The number of morpholine rings is 1. The van der Waals surface area contributed by atoms with Crippen molar-refractivity contribution in [2.45, 2.75) is 42.5 Å². The SMILES string of the molecule is CN1CCCC1CCn1nc(C(=O)N2CCOCC2)c2c1-c1ccccc1S(=O)(=O)C2. The van der Waals surface area contributed by atoms with E-state index in [2.05, 4.69) is 11.9 Å². The Morgan fingerprint density at radius 1 is 1.19 bits per heavy atom. The van der Waals surface area contributed by atoms with Crippen LogP contribution in [0.15, 0.2) is 29.2 Å². The molecule has 1 atom stereocenters. The van der Waals surface area contributed by atoms with Crippen LogP contribution in [-0.2, 0) is 26.9 Å². The first kappa shape index (κ1) is 20.7. The van der Waals surface area contributed by atoms with Gasteiger partial charge >= 0.3 is 0 Å². The first-order valence-electron chi connectivity index (χ1n) is 10.9. The molecule has 4 heterocycles.